The molecule has 0 aliphatic heterocycles. The Morgan fingerprint density at radius 2 is 1.76 bits per heavy atom. The lowest BCUT2D eigenvalue weighted by atomic mass is 10.1. The van der Waals surface area contributed by atoms with Crippen LogP contribution >= 0.6 is 23.2 Å². The lowest BCUT2D eigenvalue weighted by Crippen LogP contribution is -2.44. The van der Waals surface area contributed by atoms with Crippen molar-refractivity contribution < 1.29 is 18.7 Å². The van der Waals surface area contributed by atoms with Crippen molar-refractivity contribution >= 4 is 46.8 Å². The quantitative estimate of drug-likeness (QED) is 0.306. The van der Waals surface area contributed by atoms with Gasteiger partial charge in [-0.2, -0.15) is 0 Å². The van der Waals surface area contributed by atoms with Crippen LogP contribution in [0.1, 0.15) is 42.8 Å². The molecule has 0 fully saturated rings. The Morgan fingerprint density at radius 3 is 2.42 bits per heavy atom. The molecule has 0 radical (unpaired) electrons. The van der Waals surface area contributed by atoms with Gasteiger partial charge in [0.2, 0.25) is 0 Å². The van der Waals surface area contributed by atoms with Crippen LogP contribution in [0.4, 0.5) is 20.8 Å². The van der Waals surface area contributed by atoms with Crippen LogP contribution in [-0.4, -0.2) is 58.1 Å². The molecule has 0 unspecified atom stereocenters. The van der Waals surface area contributed by atoms with E-state index in [1.165, 1.54) is 12.1 Å². The summed E-state index contributed by atoms with van der Waals surface area (Å²) in [5, 5.41) is 10.4. The highest BCUT2D eigenvalue weighted by atomic mass is 35.5. The standard InChI is InChI=1S/C26H29Cl2FN6O3/c1-4-34(5-2)13-14-35(25(36)17-9-7-6-8-10-17)26(37)31-21-15-20(24(30)33-32-21)38-16(3)22-18(27)11-12-19(29)23(22)28/h6-12,15-16H,4-5,13-14H2,1-3H3,(H2,30,33)(H,31,32,37)/t16-/m1/s1. The van der Waals surface area contributed by atoms with E-state index in [-0.39, 0.29) is 39.5 Å². The number of aromatic nitrogens is 2. The molecule has 0 aliphatic rings. The van der Waals surface area contributed by atoms with Crippen molar-refractivity contribution in [2.45, 2.75) is 26.9 Å². The largest absolute Gasteiger partial charge is 0.482 e. The number of halogens is 3. The highest BCUT2D eigenvalue weighted by Crippen LogP contribution is 2.36. The minimum absolute atomic E-state index is 0.00321. The molecule has 3 N–H and O–H groups in total. The van der Waals surface area contributed by atoms with Gasteiger partial charge in [0.15, 0.2) is 17.4 Å². The van der Waals surface area contributed by atoms with Crippen molar-refractivity contribution in [1.82, 2.24) is 20.0 Å². The Bertz CT molecular complexity index is 1280. The Morgan fingerprint density at radius 1 is 1.08 bits per heavy atom. The van der Waals surface area contributed by atoms with E-state index in [9.17, 15) is 14.0 Å². The fourth-order valence-corrected chi connectivity index (χ4v) is 4.37. The van der Waals surface area contributed by atoms with Crippen molar-refractivity contribution in [2.75, 3.05) is 37.2 Å². The molecule has 0 saturated carbocycles. The fraction of sp³-hybridized carbons (Fsp3) is 0.308. The summed E-state index contributed by atoms with van der Waals surface area (Å²) in [4.78, 5) is 29.6. The second-order valence-corrected chi connectivity index (χ2v) is 9.06. The first-order valence-corrected chi connectivity index (χ1v) is 12.7. The molecule has 1 aromatic heterocycles. The van der Waals surface area contributed by atoms with Gasteiger partial charge in [-0.1, -0.05) is 55.2 Å². The average Bonchev–Trinajstić information content (AvgIpc) is 2.91. The van der Waals surface area contributed by atoms with E-state index in [2.05, 4.69) is 20.4 Å². The summed E-state index contributed by atoms with van der Waals surface area (Å²) >= 11 is 12.3. The molecule has 1 atom stereocenters. The molecule has 12 heteroatoms. The maximum Gasteiger partial charge on any atom is 0.330 e. The number of nitrogens with one attached hydrogen (secondary N) is 1. The Kier molecular flexibility index (Phi) is 10.2. The summed E-state index contributed by atoms with van der Waals surface area (Å²) in [5.41, 5.74) is 6.52. The zero-order valence-corrected chi connectivity index (χ0v) is 22.8. The number of anilines is 2. The lowest BCUT2D eigenvalue weighted by molar-refractivity contribution is 0.0797. The molecule has 0 saturated heterocycles. The van der Waals surface area contributed by atoms with Gasteiger partial charge in [0.1, 0.15) is 11.9 Å². The summed E-state index contributed by atoms with van der Waals surface area (Å²) in [6.07, 6.45) is -0.814. The molecule has 38 heavy (non-hydrogen) atoms. The number of amides is 3. The van der Waals surface area contributed by atoms with E-state index in [4.69, 9.17) is 33.7 Å². The van der Waals surface area contributed by atoms with Crippen molar-refractivity contribution in [1.29, 1.82) is 0 Å². The minimum Gasteiger partial charge on any atom is -0.482 e. The van der Waals surface area contributed by atoms with Crippen LogP contribution in [0.2, 0.25) is 10.0 Å². The number of likely N-dealkylation sites (N-methyl/N-ethyl adjacent to an activating group) is 1. The van der Waals surface area contributed by atoms with Crippen LogP contribution in [0.15, 0.2) is 48.5 Å². The van der Waals surface area contributed by atoms with Crippen molar-refractivity contribution in [3.05, 3.63) is 75.5 Å². The molecule has 0 bridgehead atoms. The van der Waals surface area contributed by atoms with Crippen LogP contribution in [-0.2, 0) is 0 Å². The van der Waals surface area contributed by atoms with Crippen LogP contribution in [0, 0.1) is 5.82 Å². The molecule has 202 valence electrons. The summed E-state index contributed by atoms with van der Waals surface area (Å²) in [5.74, 6) is -1.13. The fourth-order valence-electron chi connectivity index (χ4n) is 3.69. The predicted octanol–water partition coefficient (Wildman–Crippen LogP) is 5.66. The first-order valence-electron chi connectivity index (χ1n) is 12.0. The highest BCUT2D eigenvalue weighted by molar-refractivity contribution is 6.36. The van der Waals surface area contributed by atoms with Crippen molar-refractivity contribution in [3.8, 4) is 5.75 Å². The molecule has 1 heterocycles. The number of imide groups is 1. The molecular formula is C26H29Cl2FN6O3. The molecule has 9 nitrogen and oxygen atoms in total. The number of carbonyl (C=O) groups excluding carboxylic acids is 2. The van der Waals surface area contributed by atoms with Gasteiger partial charge < -0.3 is 15.4 Å². The molecule has 3 rings (SSSR count). The number of nitrogens with zero attached hydrogens (tertiary/aromatic N) is 4. The van der Waals surface area contributed by atoms with Crippen molar-refractivity contribution in [2.24, 2.45) is 0 Å². The van der Waals surface area contributed by atoms with Crippen LogP contribution in [0.25, 0.3) is 0 Å². The summed E-state index contributed by atoms with van der Waals surface area (Å²) in [7, 11) is 0. The van der Waals surface area contributed by atoms with Crippen LogP contribution < -0.4 is 15.8 Å². The Hall–Kier alpha value is -3.47. The van der Waals surface area contributed by atoms with Gasteiger partial charge in [0, 0.05) is 35.3 Å². The third kappa shape index (κ3) is 7.09. The number of benzene rings is 2. The van der Waals surface area contributed by atoms with Crippen LogP contribution in [0.5, 0.6) is 5.75 Å². The maximum atomic E-state index is 14.0. The van der Waals surface area contributed by atoms with E-state index in [0.29, 0.717) is 12.1 Å². The van der Waals surface area contributed by atoms with Gasteiger partial charge in [-0.25, -0.2) is 9.18 Å². The van der Waals surface area contributed by atoms with Gasteiger partial charge in [-0.15, -0.1) is 10.2 Å². The number of nitrogen functional groups attached to an aromatic ring is 1. The van der Waals surface area contributed by atoms with E-state index in [1.807, 2.05) is 13.8 Å². The molecule has 0 aliphatic carbocycles. The molecular weight excluding hydrogens is 534 g/mol. The van der Waals surface area contributed by atoms with E-state index < -0.39 is 23.9 Å². The average molecular weight is 563 g/mol. The zero-order valence-electron chi connectivity index (χ0n) is 21.2. The Labute approximate surface area is 230 Å². The van der Waals surface area contributed by atoms with Crippen LogP contribution in [0.3, 0.4) is 0 Å². The number of hydrogen-bond acceptors (Lipinski definition) is 7. The third-order valence-electron chi connectivity index (χ3n) is 5.86. The smallest absolute Gasteiger partial charge is 0.330 e. The zero-order chi connectivity index (χ0) is 27.8. The minimum atomic E-state index is -0.814. The third-order valence-corrected chi connectivity index (χ3v) is 6.57. The molecule has 2 aromatic carbocycles. The van der Waals surface area contributed by atoms with E-state index >= 15 is 0 Å². The first-order chi connectivity index (χ1) is 18.2. The second-order valence-electron chi connectivity index (χ2n) is 8.28. The summed E-state index contributed by atoms with van der Waals surface area (Å²) < 4.78 is 19.8. The topological polar surface area (TPSA) is 114 Å². The number of nitrogens with two attached hydrogens (primary N) is 1. The number of urea groups is 1. The highest BCUT2D eigenvalue weighted by Gasteiger charge is 2.25. The van der Waals surface area contributed by atoms with Gasteiger partial charge in [0.25, 0.3) is 5.91 Å². The SMILES string of the molecule is CCN(CC)CCN(C(=O)Nc1cc(O[C@H](C)c2c(Cl)ccc(F)c2Cl)c(N)nn1)C(=O)c1ccccc1. The molecule has 3 aromatic rings. The number of carbonyl (C=O) groups is 2. The Balaban J connectivity index is 1.82. The van der Waals surface area contributed by atoms with Gasteiger partial charge in [0.05, 0.1) is 5.02 Å². The predicted molar refractivity (Wildman–Crippen MR) is 146 cm³/mol. The normalized spacial score (nSPS) is 11.8. The van der Waals surface area contributed by atoms with Gasteiger partial charge in [-0.05, 0) is 44.3 Å². The number of ether oxygens (including phenoxy) is 1. The van der Waals surface area contributed by atoms with E-state index in [0.717, 1.165) is 24.1 Å². The molecule has 3 amide bonds. The molecule has 0 spiro atoms. The van der Waals surface area contributed by atoms with Gasteiger partial charge >= 0.3 is 6.03 Å². The van der Waals surface area contributed by atoms with Crippen molar-refractivity contribution in [3.63, 3.8) is 0 Å². The van der Waals surface area contributed by atoms with E-state index in [1.54, 1.807) is 37.3 Å². The summed E-state index contributed by atoms with van der Waals surface area (Å²) in [6, 6.07) is 11.7. The monoisotopic (exact) mass is 562 g/mol. The maximum absolute atomic E-state index is 14.0. The van der Waals surface area contributed by atoms with Gasteiger partial charge in [-0.3, -0.25) is 15.0 Å². The summed E-state index contributed by atoms with van der Waals surface area (Å²) in [6.45, 7) is 7.81. The second kappa shape index (κ2) is 13.4. The lowest BCUT2D eigenvalue weighted by Gasteiger charge is -2.25. The number of rotatable bonds is 10. The first kappa shape index (κ1) is 29.1. The number of hydrogen-bond donors (Lipinski definition) is 2.